The van der Waals surface area contributed by atoms with Gasteiger partial charge in [0.15, 0.2) is 0 Å². The minimum Gasteiger partial charge on any atom is -0.497 e. The molecule has 1 fully saturated rings. The number of amides is 1. The standard InChI is InChI=1S/C24H22FN5O2.C2HF3O2/c1-32-20-6-3-16(4-7-20)15-30-21(12-17-11-18(25)13-27-23(17)30)24(31)28-19-5-8-22(26-14-19)29-9-2-10-29;3-2(4,5)1(6)7/h3-8,11-14H,2,9-10,15H2,1H3,(H,28,31);(H,6,7). The van der Waals surface area contributed by atoms with E-state index in [9.17, 15) is 22.4 Å². The number of aromatic nitrogens is 3. The average molecular weight is 545 g/mol. The van der Waals surface area contributed by atoms with Crippen LogP contribution in [0.25, 0.3) is 11.0 Å². The molecular weight excluding hydrogens is 522 g/mol. The zero-order chi connectivity index (χ0) is 28.2. The van der Waals surface area contributed by atoms with E-state index in [1.54, 1.807) is 23.9 Å². The first-order chi connectivity index (χ1) is 18.5. The molecule has 0 saturated carbocycles. The lowest BCUT2D eigenvalue weighted by molar-refractivity contribution is -0.192. The average Bonchev–Trinajstić information content (AvgIpc) is 3.21. The molecule has 0 spiro atoms. The second-order valence-corrected chi connectivity index (χ2v) is 8.53. The van der Waals surface area contributed by atoms with Crippen LogP contribution in [0.2, 0.25) is 0 Å². The third-order valence-electron chi connectivity index (χ3n) is 5.86. The maximum Gasteiger partial charge on any atom is 0.490 e. The van der Waals surface area contributed by atoms with Gasteiger partial charge in [-0.05, 0) is 48.4 Å². The van der Waals surface area contributed by atoms with Crippen molar-refractivity contribution in [2.24, 2.45) is 0 Å². The van der Waals surface area contributed by atoms with Crippen molar-refractivity contribution in [1.29, 1.82) is 0 Å². The molecule has 4 heterocycles. The molecule has 1 aliphatic rings. The van der Waals surface area contributed by atoms with E-state index in [2.05, 4.69) is 20.2 Å². The van der Waals surface area contributed by atoms with Crippen molar-refractivity contribution in [3.63, 3.8) is 0 Å². The van der Waals surface area contributed by atoms with Crippen molar-refractivity contribution in [3.05, 3.63) is 78.0 Å². The summed E-state index contributed by atoms with van der Waals surface area (Å²) >= 11 is 0. The fourth-order valence-corrected chi connectivity index (χ4v) is 3.77. The molecule has 1 amide bonds. The summed E-state index contributed by atoms with van der Waals surface area (Å²) in [6.07, 6.45) is -1.10. The molecular formula is C26H23F4N5O4. The highest BCUT2D eigenvalue weighted by atomic mass is 19.4. The second-order valence-electron chi connectivity index (χ2n) is 8.53. The number of aliphatic carboxylic acids is 1. The van der Waals surface area contributed by atoms with Crippen molar-refractivity contribution in [2.45, 2.75) is 19.1 Å². The number of ether oxygens (including phenoxy) is 1. The Bertz CT molecular complexity index is 1470. The van der Waals surface area contributed by atoms with Crippen molar-refractivity contribution < 1.29 is 37.0 Å². The summed E-state index contributed by atoms with van der Waals surface area (Å²) in [4.78, 5) is 32.9. The molecule has 0 aliphatic carbocycles. The van der Waals surface area contributed by atoms with Gasteiger partial charge in [0, 0.05) is 25.0 Å². The summed E-state index contributed by atoms with van der Waals surface area (Å²) in [5, 5.41) is 10.6. The highest BCUT2D eigenvalue weighted by molar-refractivity contribution is 6.06. The van der Waals surface area contributed by atoms with Crippen LogP contribution in [-0.4, -0.2) is 57.9 Å². The second kappa shape index (κ2) is 11.4. The van der Waals surface area contributed by atoms with Crippen LogP contribution in [0.5, 0.6) is 5.75 Å². The first-order valence-electron chi connectivity index (χ1n) is 11.7. The molecule has 0 radical (unpaired) electrons. The summed E-state index contributed by atoms with van der Waals surface area (Å²) in [5.41, 5.74) is 2.49. The fourth-order valence-electron chi connectivity index (χ4n) is 3.77. The first kappa shape index (κ1) is 27.4. The normalized spacial score (nSPS) is 12.8. The Morgan fingerprint density at radius 1 is 1.05 bits per heavy atom. The molecule has 0 bridgehead atoms. The minimum atomic E-state index is -5.08. The fraction of sp³-hybridized carbons (Fsp3) is 0.231. The lowest BCUT2D eigenvalue weighted by Crippen LogP contribution is -2.37. The summed E-state index contributed by atoms with van der Waals surface area (Å²) in [6.45, 7) is 2.42. The number of benzene rings is 1. The summed E-state index contributed by atoms with van der Waals surface area (Å²) < 4.78 is 52.5. The number of carbonyl (C=O) groups is 2. The number of carbonyl (C=O) groups excluding carboxylic acids is 1. The molecule has 1 aromatic carbocycles. The van der Waals surface area contributed by atoms with Gasteiger partial charge in [0.25, 0.3) is 5.91 Å². The Balaban J connectivity index is 0.000000448. The molecule has 13 heteroatoms. The van der Waals surface area contributed by atoms with Crippen LogP contribution >= 0.6 is 0 Å². The van der Waals surface area contributed by atoms with Crippen LogP contribution in [0.4, 0.5) is 29.1 Å². The summed E-state index contributed by atoms with van der Waals surface area (Å²) in [7, 11) is 1.61. The number of rotatable bonds is 6. The Morgan fingerprint density at radius 2 is 1.74 bits per heavy atom. The van der Waals surface area contributed by atoms with Gasteiger partial charge in [-0.2, -0.15) is 13.2 Å². The van der Waals surface area contributed by atoms with E-state index in [1.165, 1.54) is 12.5 Å². The monoisotopic (exact) mass is 545 g/mol. The Kier molecular flexibility index (Phi) is 7.98. The van der Waals surface area contributed by atoms with E-state index >= 15 is 0 Å². The number of hydrogen-bond acceptors (Lipinski definition) is 6. The smallest absolute Gasteiger partial charge is 0.490 e. The van der Waals surface area contributed by atoms with E-state index in [-0.39, 0.29) is 5.91 Å². The Morgan fingerprint density at radius 3 is 2.28 bits per heavy atom. The Hall–Kier alpha value is -4.68. The first-order valence-corrected chi connectivity index (χ1v) is 11.7. The highest BCUT2D eigenvalue weighted by Gasteiger charge is 2.38. The van der Waals surface area contributed by atoms with Crippen molar-refractivity contribution >= 4 is 34.4 Å². The number of nitrogens with zero attached hydrogens (tertiary/aromatic N) is 4. The molecule has 0 atom stereocenters. The maximum atomic E-state index is 13.8. The van der Waals surface area contributed by atoms with Gasteiger partial charge in [-0.25, -0.2) is 19.2 Å². The molecule has 2 N–H and O–H groups in total. The van der Waals surface area contributed by atoms with Crippen molar-refractivity contribution in [1.82, 2.24) is 14.5 Å². The van der Waals surface area contributed by atoms with Gasteiger partial charge in [0.1, 0.15) is 28.7 Å². The van der Waals surface area contributed by atoms with E-state index in [4.69, 9.17) is 14.6 Å². The zero-order valence-electron chi connectivity index (χ0n) is 20.6. The molecule has 0 unspecified atom stereocenters. The van der Waals surface area contributed by atoms with E-state index in [0.29, 0.717) is 29.0 Å². The molecule has 4 aromatic rings. The lowest BCUT2D eigenvalue weighted by atomic mass is 10.2. The number of pyridine rings is 2. The number of fused-ring (bicyclic) bond motifs is 1. The van der Waals surface area contributed by atoms with Crippen LogP contribution < -0.4 is 15.0 Å². The number of carboxylic acid groups (broad SMARTS) is 1. The lowest BCUT2D eigenvalue weighted by Gasteiger charge is -2.31. The van der Waals surface area contributed by atoms with Gasteiger partial charge in [0.2, 0.25) is 0 Å². The Labute approximate surface area is 219 Å². The van der Waals surface area contributed by atoms with Crippen molar-refractivity contribution in [3.8, 4) is 5.75 Å². The summed E-state index contributed by atoms with van der Waals surface area (Å²) in [6, 6.07) is 14.4. The number of halogens is 4. The highest BCUT2D eigenvalue weighted by Crippen LogP contribution is 2.24. The quantitative estimate of drug-likeness (QED) is 0.338. The third kappa shape index (κ3) is 6.61. The molecule has 1 saturated heterocycles. The van der Waals surface area contributed by atoms with Crippen LogP contribution in [0, 0.1) is 5.82 Å². The van der Waals surface area contributed by atoms with Crippen LogP contribution in [0.3, 0.4) is 0 Å². The maximum absolute atomic E-state index is 13.8. The number of hydrogen-bond donors (Lipinski definition) is 2. The molecule has 1 aliphatic heterocycles. The van der Waals surface area contributed by atoms with Gasteiger partial charge in [-0.1, -0.05) is 12.1 Å². The largest absolute Gasteiger partial charge is 0.497 e. The van der Waals surface area contributed by atoms with Gasteiger partial charge < -0.3 is 24.6 Å². The number of nitrogens with one attached hydrogen (secondary N) is 1. The van der Waals surface area contributed by atoms with Gasteiger partial charge >= 0.3 is 12.1 Å². The predicted octanol–water partition coefficient (Wildman–Crippen LogP) is 4.72. The van der Waals surface area contributed by atoms with Crippen LogP contribution in [0.1, 0.15) is 22.5 Å². The number of alkyl halides is 3. The molecule has 5 rings (SSSR count). The zero-order valence-corrected chi connectivity index (χ0v) is 20.6. The van der Waals surface area contributed by atoms with Crippen LogP contribution in [0.15, 0.2) is 60.9 Å². The van der Waals surface area contributed by atoms with E-state index in [0.717, 1.165) is 36.4 Å². The van der Waals surface area contributed by atoms with E-state index in [1.807, 2.05) is 36.4 Å². The molecule has 204 valence electrons. The number of methoxy groups -OCH3 is 1. The predicted molar refractivity (Wildman–Crippen MR) is 134 cm³/mol. The van der Waals surface area contributed by atoms with Gasteiger partial charge in [0.05, 0.1) is 25.2 Å². The van der Waals surface area contributed by atoms with Crippen LogP contribution in [-0.2, 0) is 11.3 Å². The minimum absolute atomic E-state index is 0.310. The van der Waals surface area contributed by atoms with Gasteiger partial charge in [-0.15, -0.1) is 0 Å². The molecule has 9 nitrogen and oxygen atoms in total. The van der Waals surface area contributed by atoms with Gasteiger partial charge in [-0.3, -0.25) is 4.79 Å². The van der Waals surface area contributed by atoms with Crippen molar-refractivity contribution in [2.75, 3.05) is 30.4 Å². The number of carboxylic acids is 1. The number of anilines is 2. The molecule has 3 aromatic heterocycles. The van der Waals surface area contributed by atoms with E-state index < -0.39 is 18.0 Å². The third-order valence-corrected chi connectivity index (χ3v) is 5.86. The molecule has 39 heavy (non-hydrogen) atoms. The SMILES string of the molecule is COc1ccc(Cn2c(C(=O)Nc3ccc(N4CCC4)nc3)cc3cc(F)cnc32)cc1.O=C(O)C(F)(F)F. The summed E-state index contributed by atoms with van der Waals surface area (Å²) in [5.74, 6) is -1.86. The topological polar surface area (TPSA) is 110 Å².